The average molecular weight is 381 g/mol. The number of likely N-dealkylation sites (tertiary alicyclic amines) is 1. The molecule has 4 nitrogen and oxygen atoms in total. The summed E-state index contributed by atoms with van der Waals surface area (Å²) >= 11 is 1.75. The predicted molar refractivity (Wildman–Crippen MR) is 108 cm³/mol. The van der Waals surface area contributed by atoms with Gasteiger partial charge in [0.15, 0.2) is 0 Å². The van der Waals surface area contributed by atoms with Gasteiger partial charge in [0.25, 0.3) is 0 Å². The molecule has 3 aliphatic heterocycles. The Morgan fingerprint density at radius 2 is 2.04 bits per heavy atom. The summed E-state index contributed by atoms with van der Waals surface area (Å²) in [5.41, 5.74) is 0.114. The number of fused-ring (bicyclic) bond motifs is 1. The lowest BCUT2D eigenvalue weighted by Gasteiger charge is -2.29. The highest BCUT2D eigenvalue weighted by Gasteiger charge is 2.63. The fourth-order valence-corrected chi connectivity index (χ4v) is 6.71. The van der Waals surface area contributed by atoms with Gasteiger partial charge in [0, 0.05) is 37.5 Å². The molecule has 0 unspecified atom stereocenters. The third-order valence-corrected chi connectivity index (χ3v) is 8.43. The van der Waals surface area contributed by atoms with E-state index in [1.165, 1.54) is 57.9 Å². The molecule has 3 heterocycles. The van der Waals surface area contributed by atoms with E-state index in [-0.39, 0.29) is 11.5 Å². The number of amides is 1. The van der Waals surface area contributed by atoms with E-state index in [1.54, 1.807) is 11.8 Å². The van der Waals surface area contributed by atoms with E-state index < -0.39 is 0 Å². The van der Waals surface area contributed by atoms with E-state index in [2.05, 4.69) is 17.1 Å². The van der Waals surface area contributed by atoms with Crippen molar-refractivity contribution in [2.45, 2.75) is 82.5 Å². The molecule has 4 rings (SSSR count). The van der Waals surface area contributed by atoms with Gasteiger partial charge < -0.3 is 10.1 Å². The van der Waals surface area contributed by atoms with Crippen molar-refractivity contribution < 1.29 is 9.53 Å². The Bertz CT molecular complexity index is 494. The van der Waals surface area contributed by atoms with E-state index in [0.717, 1.165) is 31.3 Å². The van der Waals surface area contributed by atoms with Crippen molar-refractivity contribution in [1.82, 2.24) is 10.2 Å². The molecule has 4 aliphatic rings. The van der Waals surface area contributed by atoms with Crippen molar-refractivity contribution in [3.63, 3.8) is 0 Å². The summed E-state index contributed by atoms with van der Waals surface area (Å²) in [6.45, 7) is 5.33. The molecule has 0 aromatic carbocycles. The highest BCUT2D eigenvalue weighted by Crippen LogP contribution is 2.55. The number of carbonyl (C=O) groups is 1. The van der Waals surface area contributed by atoms with Gasteiger partial charge in [-0.05, 0) is 37.9 Å². The van der Waals surface area contributed by atoms with Gasteiger partial charge in [-0.25, -0.2) is 0 Å². The monoisotopic (exact) mass is 380 g/mol. The predicted octanol–water partition coefficient (Wildman–Crippen LogP) is 3.45. The first-order valence-corrected chi connectivity index (χ1v) is 12.1. The second-order valence-electron chi connectivity index (χ2n) is 8.96. The number of nitrogens with zero attached hydrogens (tertiary/aromatic N) is 1. The Hall–Kier alpha value is -0.260. The average Bonchev–Trinajstić information content (AvgIpc) is 3.21. The van der Waals surface area contributed by atoms with Gasteiger partial charge in [-0.3, -0.25) is 9.69 Å². The number of ether oxygens (including phenoxy) is 1. The van der Waals surface area contributed by atoms with Crippen LogP contribution in [0.25, 0.3) is 0 Å². The Morgan fingerprint density at radius 3 is 2.81 bits per heavy atom. The van der Waals surface area contributed by atoms with Crippen molar-refractivity contribution >= 4 is 17.7 Å². The number of thioether (sulfide) groups is 1. The Kier molecular flexibility index (Phi) is 6.16. The van der Waals surface area contributed by atoms with E-state index >= 15 is 0 Å². The molecule has 1 spiro atoms. The van der Waals surface area contributed by atoms with Crippen molar-refractivity contribution in [2.24, 2.45) is 11.8 Å². The molecule has 1 saturated carbocycles. The molecular formula is C21H36N2O2S. The van der Waals surface area contributed by atoms with Crippen LogP contribution in [0.1, 0.15) is 64.7 Å². The molecule has 26 heavy (non-hydrogen) atoms. The zero-order valence-electron chi connectivity index (χ0n) is 16.4. The van der Waals surface area contributed by atoms with Gasteiger partial charge in [-0.15, -0.1) is 0 Å². The maximum atomic E-state index is 12.1. The number of rotatable bonds is 7. The smallest absolute Gasteiger partial charge is 0.230 e. The molecule has 0 aromatic rings. The number of nitrogens with one attached hydrogen (secondary N) is 1. The summed E-state index contributed by atoms with van der Waals surface area (Å²) < 4.78 is 6.58. The maximum Gasteiger partial charge on any atom is 0.230 e. The molecule has 148 valence electrons. The molecule has 1 aliphatic carbocycles. The second kappa shape index (κ2) is 8.40. The lowest BCUT2D eigenvalue weighted by molar-refractivity contribution is -0.118. The third-order valence-electron chi connectivity index (χ3n) is 7.27. The minimum Gasteiger partial charge on any atom is -0.370 e. The van der Waals surface area contributed by atoms with Gasteiger partial charge in [0.05, 0.1) is 17.5 Å². The minimum atomic E-state index is 0.114. The normalized spacial score (nSPS) is 37.7. The maximum absolute atomic E-state index is 12.1. The van der Waals surface area contributed by atoms with Crippen LogP contribution < -0.4 is 5.32 Å². The second-order valence-corrected chi connectivity index (χ2v) is 10.1. The Labute approximate surface area is 163 Å². The molecule has 0 radical (unpaired) electrons. The topological polar surface area (TPSA) is 41.6 Å². The van der Waals surface area contributed by atoms with Crippen LogP contribution in [-0.4, -0.2) is 59.7 Å². The summed E-state index contributed by atoms with van der Waals surface area (Å²) in [5.74, 6) is 3.05. The zero-order chi connectivity index (χ0) is 18.0. The molecular weight excluding hydrogens is 344 g/mol. The van der Waals surface area contributed by atoms with Gasteiger partial charge in [0.1, 0.15) is 0 Å². The van der Waals surface area contributed by atoms with Gasteiger partial charge in [-0.1, -0.05) is 32.6 Å². The Balaban J connectivity index is 1.33. The van der Waals surface area contributed by atoms with Crippen LogP contribution in [0, 0.1) is 11.8 Å². The van der Waals surface area contributed by atoms with E-state index in [9.17, 15) is 4.79 Å². The van der Waals surface area contributed by atoms with Crippen LogP contribution in [0.4, 0.5) is 0 Å². The van der Waals surface area contributed by atoms with Gasteiger partial charge in [0.2, 0.25) is 5.91 Å². The standard InChI is InChI=1S/C21H36N2O2S/c1-2-11-26-14-20(24)22-12-17-18-13-23(16-7-5-3-4-6-8-16)15-21(18)10-9-19(17)25-21/h16-19H,2-15H2,1H3,(H,22,24)/t17-,18+,19+,21+/m0/s1. The first kappa shape index (κ1) is 19.1. The lowest BCUT2D eigenvalue weighted by atomic mass is 9.73. The molecule has 1 N–H and O–H groups in total. The number of carbonyl (C=O) groups excluding carboxylic acids is 1. The van der Waals surface area contributed by atoms with Crippen molar-refractivity contribution in [1.29, 1.82) is 0 Å². The first-order valence-electron chi connectivity index (χ1n) is 11.0. The number of hydrogen-bond acceptors (Lipinski definition) is 4. The molecule has 4 atom stereocenters. The fourth-order valence-electron chi connectivity index (χ4n) is 5.99. The number of hydrogen-bond donors (Lipinski definition) is 1. The van der Waals surface area contributed by atoms with Gasteiger partial charge >= 0.3 is 0 Å². The molecule has 5 heteroatoms. The molecule has 4 fully saturated rings. The van der Waals surface area contributed by atoms with Crippen LogP contribution in [0.5, 0.6) is 0 Å². The van der Waals surface area contributed by atoms with E-state index in [4.69, 9.17) is 4.74 Å². The third kappa shape index (κ3) is 3.81. The highest BCUT2D eigenvalue weighted by molar-refractivity contribution is 7.99. The Morgan fingerprint density at radius 1 is 1.23 bits per heavy atom. The van der Waals surface area contributed by atoms with Crippen LogP contribution in [0.15, 0.2) is 0 Å². The van der Waals surface area contributed by atoms with Crippen LogP contribution in [0.2, 0.25) is 0 Å². The lowest BCUT2D eigenvalue weighted by Crippen LogP contribution is -2.42. The summed E-state index contributed by atoms with van der Waals surface area (Å²) in [6, 6.07) is 0.779. The van der Waals surface area contributed by atoms with Crippen LogP contribution in [0.3, 0.4) is 0 Å². The van der Waals surface area contributed by atoms with E-state index in [0.29, 0.717) is 23.7 Å². The largest absolute Gasteiger partial charge is 0.370 e. The van der Waals surface area contributed by atoms with Crippen LogP contribution in [-0.2, 0) is 9.53 Å². The summed E-state index contributed by atoms with van der Waals surface area (Å²) in [5, 5.41) is 3.22. The molecule has 3 saturated heterocycles. The van der Waals surface area contributed by atoms with Crippen molar-refractivity contribution in [3.05, 3.63) is 0 Å². The fraction of sp³-hybridized carbons (Fsp3) is 0.952. The summed E-state index contributed by atoms with van der Waals surface area (Å²) in [7, 11) is 0. The van der Waals surface area contributed by atoms with Crippen molar-refractivity contribution in [2.75, 3.05) is 31.1 Å². The molecule has 2 bridgehead atoms. The first-order chi connectivity index (χ1) is 12.7. The van der Waals surface area contributed by atoms with E-state index in [1.807, 2.05) is 0 Å². The highest BCUT2D eigenvalue weighted by atomic mass is 32.2. The summed E-state index contributed by atoms with van der Waals surface area (Å²) in [4.78, 5) is 14.9. The SMILES string of the molecule is CCCSCC(=O)NC[C@H]1[C@H]2CN(C3CCCCCC3)C[C@]23CC[C@H]1O3. The minimum absolute atomic E-state index is 0.114. The summed E-state index contributed by atoms with van der Waals surface area (Å²) in [6.07, 6.45) is 12.4. The quantitative estimate of drug-likeness (QED) is 0.543. The zero-order valence-corrected chi connectivity index (χ0v) is 17.2. The van der Waals surface area contributed by atoms with Crippen LogP contribution >= 0.6 is 11.8 Å². The molecule has 0 aromatic heterocycles. The van der Waals surface area contributed by atoms with Crippen molar-refractivity contribution in [3.8, 4) is 0 Å². The molecule has 1 amide bonds. The van der Waals surface area contributed by atoms with Gasteiger partial charge in [-0.2, -0.15) is 11.8 Å².